The molecule has 0 fully saturated rings. The van der Waals surface area contributed by atoms with Crippen LogP contribution in [-0.4, -0.2) is 27.3 Å². The Morgan fingerprint density at radius 2 is 2.16 bits per heavy atom. The van der Waals surface area contributed by atoms with Crippen LogP contribution in [0.1, 0.15) is 22.3 Å². The van der Waals surface area contributed by atoms with Gasteiger partial charge >= 0.3 is 12.0 Å². The monoisotopic (exact) mass is 298 g/mol. The minimum absolute atomic E-state index is 0.0617. The fourth-order valence-electron chi connectivity index (χ4n) is 1.25. The van der Waals surface area contributed by atoms with E-state index in [-0.39, 0.29) is 10.6 Å². The Bertz CT molecular complexity index is 607. The molecule has 0 aliphatic carbocycles. The number of anilines is 2. The Balaban J connectivity index is 2.01. The third-order valence-corrected chi connectivity index (χ3v) is 3.93. The Morgan fingerprint density at radius 1 is 1.37 bits per heavy atom. The minimum Gasteiger partial charge on any atom is -0.478 e. The van der Waals surface area contributed by atoms with Crippen molar-refractivity contribution in [3.05, 3.63) is 22.0 Å². The summed E-state index contributed by atoms with van der Waals surface area (Å²) in [6.07, 6.45) is 0.745. The Labute approximate surface area is 116 Å². The molecule has 19 heavy (non-hydrogen) atoms. The predicted molar refractivity (Wildman–Crippen MR) is 73.2 cm³/mol. The van der Waals surface area contributed by atoms with Gasteiger partial charge in [0.2, 0.25) is 5.13 Å². The average molecular weight is 298 g/mol. The zero-order chi connectivity index (χ0) is 13.8. The smallest absolute Gasteiger partial charge is 0.338 e. The summed E-state index contributed by atoms with van der Waals surface area (Å²) >= 11 is 2.42. The lowest BCUT2D eigenvalue weighted by Gasteiger charge is -2.03. The van der Waals surface area contributed by atoms with Crippen LogP contribution >= 0.6 is 22.7 Å². The number of thiophene rings is 1. The summed E-state index contributed by atoms with van der Waals surface area (Å²) in [5.74, 6) is -1.08. The first-order valence-electron chi connectivity index (χ1n) is 5.31. The van der Waals surface area contributed by atoms with Gasteiger partial charge in [0, 0.05) is 0 Å². The van der Waals surface area contributed by atoms with Gasteiger partial charge in [-0.3, -0.25) is 10.6 Å². The zero-order valence-corrected chi connectivity index (χ0v) is 11.5. The molecule has 2 heterocycles. The van der Waals surface area contributed by atoms with Crippen LogP contribution in [0.2, 0.25) is 0 Å². The quantitative estimate of drug-likeness (QED) is 0.804. The number of hydrogen-bond acceptors (Lipinski definition) is 6. The Kier molecular flexibility index (Phi) is 4.07. The summed E-state index contributed by atoms with van der Waals surface area (Å²) in [7, 11) is 0. The number of aryl methyl sites for hydroxylation is 1. The van der Waals surface area contributed by atoms with Crippen molar-refractivity contribution in [1.82, 2.24) is 10.2 Å². The molecule has 0 atom stereocenters. The maximum atomic E-state index is 11.7. The summed E-state index contributed by atoms with van der Waals surface area (Å²) in [4.78, 5) is 22.6. The molecule has 100 valence electrons. The molecule has 0 saturated heterocycles. The molecule has 0 spiro atoms. The van der Waals surface area contributed by atoms with Gasteiger partial charge in [0.15, 0.2) is 0 Å². The van der Waals surface area contributed by atoms with Crippen molar-refractivity contribution in [2.75, 3.05) is 10.6 Å². The molecule has 2 amide bonds. The van der Waals surface area contributed by atoms with Crippen molar-refractivity contribution in [2.45, 2.75) is 13.3 Å². The number of aromatic nitrogens is 2. The number of aromatic carboxylic acids is 1. The fraction of sp³-hybridized carbons (Fsp3) is 0.200. The topological polar surface area (TPSA) is 104 Å². The van der Waals surface area contributed by atoms with Crippen LogP contribution in [0.4, 0.5) is 14.9 Å². The highest BCUT2D eigenvalue weighted by Crippen LogP contribution is 2.23. The molecule has 0 bridgehead atoms. The molecule has 2 aromatic rings. The van der Waals surface area contributed by atoms with Gasteiger partial charge in [0.1, 0.15) is 10.0 Å². The third kappa shape index (κ3) is 3.26. The van der Waals surface area contributed by atoms with Crippen LogP contribution in [0.25, 0.3) is 0 Å². The van der Waals surface area contributed by atoms with Crippen LogP contribution in [0.15, 0.2) is 11.4 Å². The molecule has 0 aliphatic heterocycles. The summed E-state index contributed by atoms with van der Waals surface area (Å²) in [6, 6.07) is 0.895. The highest BCUT2D eigenvalue weighted by molar-refractivity contribution is 7.15. The first kappa shape index (κ1) is 13.4. The molecule has 0 saturated carbocycles. The number of carbonyl (C=O) groups is 2. The third-order valence-electron chi connectivity index (χ3n) is 2.11. The number of carboxylic acids is 1. The molecule has 2 rings (SSSR count). The van der Waals surface area contributed by atoms with E-state index in [0.29, 0.717) is 5.13 Å². The number of carbonyl (C=O) groups excluding carboxylic acids is 1. The first-order valence-corrected chi connectivity index (χ1v) is 7.01. The molecule has 0 radical (unpaired) electrons. The van der Waals surface area contributed by atoms with E-state index in [0.717, 1.165) is 22.8 Å². The lowest BCUT2D eigenvalue weighted by molar-refractivity contribution is 0.0698. The lowest BCUT2D eigenvalue weighted by Crippen LogP contribution is -2.19. The van der Waals surface area contributed by atoms with E-state index in [1.807, 2.05) is 6.92 Å². The number of rotatable bonds is 4. The summed E-state index contributed by atoms with van der Waals surface area (Å²) in [6.45, 7) is 1.94. The van der Waals surface area contributed by atoms with Gasteiger partial charge in [-0.2, -0.15) is 0 Å². The summed E-state index contributed by atoms with van der Waals surface area (Å²) in [5, 5.41) is 24.6. The minimum atomic E-state index is -1.08. The molecule has 7 nitrogen and oxygen atoms in total. The molecule has 2 aromatic heterocycles. The van der Waals surface area contributed by atoms with E-state index < -0.39 is 12.0 Å². The normalized spacial score (nSPS) is 10.2. The second-order valence-electron chi connectivity index (χ2n) is 3.40. The van der Waals surface area contributed by atoms with Gasteiger partial charge in [-0.1, -0.05) is 18.3 Å². The second kappa shape index (κ2) is 5.76. The predicted octanol–water partition coefficient (Wildman–Crippen LogP) is 2.50. The van der Waals surface area contributed by atoms with Crippen LogP contribution in [0, 0.1) is 0 Å². The van der Waals surface area contributed by atoms with E-state index in [9.17, 15) is 9.59 Å². The van der Waals surface area contributed by atoms with Gasteiger partial charge < -0.3 is 5.11 Å². The summed E-state index contributed by atoms with van der Waals surface area (Å²) in [5.41, 5.74) is 0.0617. The molecule has 0 aromatic carbocycles. The number of hydrogen-bond donors (Lipinski definition) is 3. The lowest BCUT2D eigenvalue weighted by atomic mass is 10.3. The molecule has 9 heteroatoms. The van der Waals surface area contributed by atoms with E-state index in [2.05, 4.69) is 20.8 Å². The number of urea groups is 1. The molecule has 0 aliphatic rings. The molecule has 3 N–H and O–H groups in total. The first-order chi connectivity index (χ1) is 9.10. The molecular formula is C10H10N4O3S2. The van der Waals surface area contributed by atoms with Crippen LogP contribution < -0.4 is 10.6 Å². The van der Waals surface area contributed by atoms with Crippen LogP contribution in [-0.2, 0) is 6.42 Å². The van der Waals surface area contributed by atoms with E-state index in [1.165, 1.54) is 17.4 Å². The number of carboxylic acid groups (broad SMARTS) is 1. The highest BCUT2D eigenvalue weighted by Gasteiger charge is 2.14. The van der Waals surface area contributed by atoms with E-state index in [1.54, 1.807) is 5.38 Å². The number of amides is 2. The van der Waals surface area contributed by atoms with Gasteiger partial charge in [-0.15, -0.1) is 21.5 Å². The van der Waals surface area contributed by atoms with E-state index in [4.69, 9.17) is 5.11 Å². The van der Waals surface area contributed by atoms with Crippen molar-refractivity contribution < 1.29 is 14.7 Å². The highest BCUT2D eigenvalue weighted by atomic mass is 32.1. The van der Waals surface area contributed by atoms with Gasteiger partial charge in [0.25, 0.3) is 0 Å². The van der Waals surface area contributed by atoms with Gasteiger partial charge in [-0.25, -0.2) is 9.59 Å². The molecule has 0 unspecified atom stereocenters. The maximum Gasteiger partial charge on any atom is 0.338 e. The Morgan fingerprint density at radius 3 is 2.79 bits per heavy atom. The average Bonchev–Trinajstić information content (AvgIpc) is 2.97. The standard InChI is InChI=1S/C10H10N4O3S2/c1-2-6-13-14-10(19-6)12-9(17)11-7-5(8(15)16)3-4-18-7/h3-4H,2H2,1H3,(H,15,16)(H2,11,12,14,17). The van der Waals surface area contributed by atoms with E-state index >= 15 is 0 Å². The summed E-state index contributed by atoms with van der Waals surface area (Å²) < 4.78 is 0. The van der Waals surface area contributed by atoms with Gasteiger partial charge in [0.05, 0.1) is 5.56 Å². The fourth-order valence-corrected chi connectivity index (χ4v) is 2.70. The SMILES string of the molecule is CCc1nnc(NC(=O)Nc2sccc2C(=O)O)s1. The van der Waals surface area contributed by atoms with Gasteiger partial charge in [-0.05, 0) is 17.9 Å². The van der Waals surface area contributed by atoms with Crippen molar-refractivity contribution in [3.63, 3.8) is 0 Å². The number of nitrogens with one attached hydrogen (secondary N) is 2. The maximum absolute atomic E-state index is 11.7. The second-order valence-corrected chi connectivity index (χ2v) is 5.38. The molecular weight excluding hydrogens is 288 g/mol. The van der Waals surface area contributed by atoms with Crippen LogP contribution in [0.5, 0.6) is 0 Å². The largest absolute Gasteiger partial charge is 0.478 e. The number of nitrogens with zero attached hydrogens (tertiary/aromatic N) is 2. The van der Waals surface area contributed by atoms with Crippen molar-refractivity contribution in [2.24, 2.45) is 0 Å². The van der Waals surface area contributed by atoms with Crippen LogP contribution in [0.3, 0.4) is 0 Å². The van der Waals surface area contributed by atoms with Crippen molar-refractivity contribution >= 4 is 44.8 Å². The Hall–Kier alpha value is -2.00. The van der Waals surface area contributed by atoms with Crippen molar-refractivity contribution in [3.8, 4) is 0 Å². The van der Waals surface area contributed by atoms with Crippen molar-refractivity contribution in [1.29, 1.82) is 0 Å². The zero-order valence-electron chi connectivity index (χ0n) is 9.84.